The van der Waals surface area contributed by atoms with Crippen LogP contribution in [0.4, 0.5) is 8.78 Å². The van der Waals surface area contributed by atoms with Crippen molar-refractivity contribution in [2.45, 2.75) is 19.9 Å². The summed E-state index contributed by atoms with van der Waals surface area (Å²) in [5.74, 6) is -1.12. The average molecular weight is 269 g/mol. The van der Waals surface area contributed by atoms with Crippen molar-refractivity contribution in [3.63, 3.8) is 0 Å². The molecule has 0 aliphatic carbocycles. The Kier molecular flexibility index (Phi) is 3.96. The Morgan fingerprint density at radius 2 is 2.11 bits per heavy atom. The van der Waals surface area contributed by atoms with Crippen molar-refractivity contribution in [2.24, 2.45) is 10.1 Å². The molecule has 0 aromatic heterocycles. The summed E-state index contributed by atoms with van der Waals surface area (Å²) in [7, 11) is 0. The minimum Gasteiger partial charge on any atom is -0.258 e. The highest BCUT2D eigenvalue weighted by atomic mass is 32.2. The first-order chi connectivity index (χ1) is 8.56. The van der Waals surface area contributed by atoms with E-state index in [2.05, 4.69) is 15.5 Å². The molecule has 0 amide bonds. The minimum atomic E-state index is -0.859. The number of thioether (sulfide) groups is 1. The van der Waals surface area contributed by atoms with E-state index in [-0.39, 0.29) is 6.04 Å². The molecule has 1 aromatic rings. The first kappa shape index (κ1) is 13.0. The van der Waals surface area contributed by atoms with Crippen LogP contribution in [0.25, 0.3) is 0 Å². The third-order valence-electron chi connectivity index (χ3n) is 2.26. The Labute approximate surface area is 108 Å². The molecule has 3 nitrogen and oxygen atoms in total. The zero-order valence-electron chi connectivity index (χ0n) is 10.1. The van der Waals surface area contributed by atoms with Gasteiger partial charge in [-0.25, -0.2) is 8.78 Å². The molecule has 0 radical (unpaired) electrons. The first-order valence-electron chi connectivity index (χ1n) is 5.55. The number of aliphatic imine (C=N–C) groups is 1. The second-order valence-corrected chi connectivity index (χ2v) is 5.08. The van der Waals surface area contributed by atoms with Crippen LogP contribution in [0.1, 0.15) is 19.4 Å². The van der Waals surface area contributed by atoms with E-state index in [4.69, 9.17) is 0 Å². The number of nitrogens with one attached hydrogen (secondary N) is 1. The lowest BCUT2D eigenvalue weighted by Crippen LogP contribution is -2.26. The van der Waals surface area contributed by atoms with Crippen LogP contribution >= 0.6 is 11.8 Å². The molecule has 0 saturated carbocycles. The van der Waals surface area contributed by atoms with Crippen LogP contribution in [0.3, 0.4) is 0 Å². The van der Waals surface area contributed by atoms with E-state index in [0.29, 0.717) is 17.0 Å². The molecular weight excluding hydrogens is 256 g/mol. The molecule has 1 aliphatic rings. The third kappa shape index (κ3) is 3.07. The van der Waals surface area contributed by atoms with Crippen LogP contribution < -0.4 is 5.43 Å². The molecule has 1 aromatic carbocycles. The van der Waals surface area contributed by atoms with Crippen molar-refractivity contribution in [3.05, 3.63) is 35.4 Å². The summed E-state index contributed by atoms with van der Waals surface area (Å²) < 4.78 is 25.9. The van der Waals surface area contributed by atoms with Crippen molar-refractivity contribution in [3.8, 4) is 0 Å². The highest BCUT2D eigenvalue weighted by Crippen LogP contribution is 2.16. The smallest absolute Gasteiger partial charge is 0.177 e. The Bertz CT molecular complexity index is 512. The second kappa shape index (κ2) is 5.48. The normalized spacial score (nSPS) is 17.8. The summed E-state index contributed by atoms with van der Waals surface area (Å²) in [6.07, 6.45) is 0. The van der Waals surface area contributed by atoms with Gasteiger partial charge in [-0.2, -0.15) is 5.10 Å². The fourth-order valence-corrected chi connectivity index (χ4v) is 2.34. The maximum absolute atomic E-state index is 13.1. The quantitative estimate of drug-likeness (QED) is 0.896. The number of rotatable bonds is 2. The van der Waals surface area contributed by atoms with E-state index < -0.39 is 11.6 Å². The van der Waals surface area contributed by atoms with Gasteiger partial charge in [0.25, 0.3) is 0 Å². The number of halogens is 2. The monoisotopic (exact) mass is 269 g/mol. The van der Waals surface area contributed by atoms with E-state index in [1.54, 1.807) is 0 Å². The van der Waals surface area contributed by atoms with Gasteiger partial charge >= 0.3 is 0 Å². The van der Waals surface area contributed by atoms with E-state index in [0.717, 1.165) is 17.3 Å². The standard InChI is InChI=1S/C12H13F2N3S/c1-7(2)15-12-17-16-11(6-18-12)8-3-4-9(13)10(14)5-8/h3-5,7H,6H2,1-2H3,(H,15,17). The van der Waals surface area contributed by atoms with Crippen LogP contribution in [0.5, 0.6) is 0 Å². The Morgan fingerprint density at radius 1 is 1.33 bits per heavy atom. The van der Waals surface area contributed by atoms with E-state index in [1.165, 1.54) is 17.8 Å². The molecule has 2 rings (SSSR count). The molecule has 1 N–H and O–H groups in total. The van der Waals surface area contributed by atoms with Gasteiger partial charge in [-0.05, 0) is 32.0 Å². The minimum absolute atomic E-state index is 0.194. The molecule has 1 aliphatic heterocycles. The van der Waals surface area contributed by atoms with Gasteiger partial charge in [0.2, 0.25) is 0 Å². The maximum Gasteiger partial charge on any atom is 0.177 e. The maximum atomic E-state index is 13.1. The summed E-state index contributed by atoms with van der Waals surface area (Å²) in [5, 5.41) is 4.88. The Morgan fingerprint density at radius 3 is 2.67 bits per heavy atom. The lowest BCUT2D eigenvalue weighted by molar-refractivity contribution is 0.508. The van der Waals surface area contributed by atoms with Gasteiger partial charge in [0.15, 0.2) is 16.8 Å². The van der Waals surface area contributed by atoms with Crippen LogP contribution in [-0.4, -0.2) is 22.7 Å². The van der Waals surface area contributed by atoms with Crippen molar-refractivity contribution < 1.29 is 8.78 Å². The number of benzene rings is 1. The van der Waals surface area contributed by atoms with Crippen molar-refractivity contribution in [1.29, 1.82) is 0 Å². The molecule has 0 atom stereocenters. The van der Waals surface area contributed by atoms with E-state index >= 15 is 0 Å². The van der Waals surface area contributed by atoms with Crippen molar-refractivity contribution >= 4 is 22.6 Å². The van der Waals surface area contributed by atoms with E-state index in [9.17, 15) is 8.78 Å². The summed E-state index contributed by atoms with van der Waals surface area (Å²) in [5.41, 5.74) is 4.08. The summed E-state index contributed by atoms with van der Waals surface area (Å²) in [4.78, 5) is 4.32. The SMILES string of the molecule is CC(C)N=C1NN=C(c2ccc(F)c(F)c2)CS1. The lowest BCUT2D eigenvalue weighted by atomic mass is 10.1. The number of nitrogens with zero attached hydrogens (tertiary/aromatic N) is 2. The third-order valence-corrected chi connectivity index (χ3v) is 3.15. The van der Waals surface area contributed by atoms with Crippen LogP contribution in [0.15, 0.2) is 28.3 Å². The zero-order valence-corrected chi connectivity index (χ0v) is 10.9. The largest absolute Gasteiger partial charge is 0.258 e. The first-order valence-corrected chi connectivity index (χ1v) is 6.53. The van der Waals surface area contributed by atoms with Crippen LogP contribution in [0, 0.1) is 11.6 Å². The van der Waals surface area contributed by atoms with Gasteiger partial charge < -0.3 is 0 Å². The van der Waals surface area contributed by atoms with E-state index in [1.807, 2.05) is 13.8 Å². The highest BCUT2D eigenvalue weighted by Gasteiger charge is 2.14. The molecule has 96 valence electrons. The van der Waals surface area contributed by atoms with Gasteiger partial charge in [0, 0.05) is 17.4 Å². The predicted molar refractivity (Wildman–Crippen MR) is 71.1 cm³/mol. The number of amidine groups is 1. The van der Waals surface area contributed by atoms with Gasteiger partial charge in [-0.1, -0.05) is 11.8 Å². The predicted octanol–water partition coefficient (Wildman–Crippen LogP) is 2.77. The van der Waals surface area contributed by atoms with Crippen LogP contribution in [0.2, 0.25) is 0 Å². The molecule has 6 heteroatoms. The molecule has 18 heavy (non-hydrogen) atoms. The lowest BCUT2D eigenvalue weighted by Gasteiger charge is -2.15. The molecular formula is C12H13F2N3S. The molecule has 1 heterocycles. The number of hydrogen-bond donors (Lipinski definition) is 1. The molecule has 0 bridgehead atoms. The van der Waals surface area contributed by atoms with Crippen LogP contribution in [-0.2, 0) is 0 Å². The number of hydrogen-bond acceptors (Lipinski definition) is 3. The van der Waals surface area contributed by atoms with Gasteiger partial charge in [0.05, 0.1) is 5.71 Å². The van der Waals surface area contributed by atoms with Gasteiger partial charge in [-0.3, -0.25) is 10.4 Å². The van der Waals surface area contributed by atoms with Gasteiger partial charge in [0.1, 0.15) is 0 Å². The summed E-state index contributed by atoms with van der Waals surface area (Å²) in [6, 6.07) is 3.97. The topological polar surface area (TPSA) is 36.8 Å². The van der Waals surface area contributed by atoms with Crippen molar-refractivity contribution in [2.75, 3.05) is 5.75 Å². The second-order valence-electron chi connectivity index (χ2n) is 4.12. The number of hydrazone groups is 1. The molecule has 0 saturated heterocycles. The zero-order chi connectivity index (χ0) is 13.1. The Balaban J connectivity index is 2.16. The van der Waals surface area contributed by atoms with Gasteiger partial charge in [-0.15, -0.1) is 0 Å². The van der Waals surface area contributed by atoms with Crippen molar-refractivity contribution in [1.82, 2.24) is 5.43 Å². The fraction of sp³-hybridized carbons (Fsp3) is 0.333. The molecule has 0 fully saturated rings. The fourth-order valence-electron chi connectivity index (χ4n) is 1.44. The molecule has 0 unspecified atom stereocenters. The summed E-state index contributed by atoms with van der Waals surface area (Å²) in [6.45, 7) is 3.95. The summed E-state index contributed by atoms with van der Waals surface area (Å²) >= 11 is 1.50. The highest BCUT2D eigenvalue weighted by molar-refractivity contribution is 8.14. The average Bonchev–Trinajstić information content (AvgIpc) is 2.33. The molecule has 0 spiro atoms. The Hall–Kier alpha value is -1.43.